The molecule has 102 valence electrons. The van der Waals surface area contributed by atoms with E-state index in [-0.39, 0.29) is 0 Å². The lowest BCUT2D eigenvalue weighted by Gasteiger charge is -2.26. The minimum Gasteiger partial charge on any atom is -0.379 e. The number of nitrogens with zero attached hydrogens (tertiary/aromatic N) is 2. The quantitative estimate of drug-likeness (QED) is 0.844. The van der Waals surface area contributed by atoms with E-state index in [2.05, 4.69) is 9.88 Å². The number of aromatic nitrogens is 1. The Morgan fingerprint density at radius 3 is 2.67 bits per heavy atom. The predicted molar refractivity (Wildman–Crippen MR) is 76.3 cm³/mol. The van der Waals surface area contributed by atoms with Crippen molar-refractivity contribution in [1.29, 1.82) is 0 Å². The molecule has 4 heteroatoms. The van der Waals surface area contributed by atoms with E-state index in [1.54, 1.807) is 6.20 Å². The molecule has 0 amide bonds. The first-order valence-corrected chi connectivity index (χ1v) is 7.04. The van der Waals surface area contributed by atoms with Crippen LogP contribution in [0.2, 0.25) is 5.02 Å². The van der Waals surface area contributed by atoms with Crippen molar-refractivity contribution in [3.8, 4) is 0 Å². The molecule has 1 aliphatic heterocycles. The number of morpholine rings is 1. The Balaban J connectivity index is 0.000000771. The molecule has 1 aliphatic rings. The van der Waals surface area contributed by atoms with E-state index >= 15 is 0 Å². The highest BCUT2D eigenvalue weighted by Gasteiger charge is 2.10. The van der Waals surface area contributed by atoms with Crippen LogP contribution < -0.4 is 0 Å². The largest absolute Gasteiger partial charge is 0.379 e. The molecule has 2 heterocycles. The van der Waals surface area contributed by atoms with Crippen molar-refractivity contribution in [2.45, 2.75) is 27.2 Å². The molecular formula is C14H23ClN2O. The Morgan fingerprint density at radius 2 is 2.00 bits per heavy atom. The molecule has 0 spiro atoms. The van der Waals surface area contributed by atoms with Gasteiger partial charge in [0.25, 0.3) is 0 Å². The summed E-state index contributed by atoms with van der Waals surface area (Å²) in [5.74, 6) is 0. The molecule has 0 bridgehead atoms. The fourth-order valence-electron chi connectivity index (χ4n) is 1.91. The van der Waals surface area contributed by atoms with Gasteiger partial charge in [-0.1, -0.05) is 25.4 Å². The van der Waals surface area contributed by atoms with Crippen molar-refractivity contribution >= 4 is 11.6 Å². The molecular weight excluding hydrogens is 248 g/mol. The van der Waals surface area contributed by atoms with Crippen LogP contribution in [0.15, 0.2) is 12.3 Å². The van der Waals surface area contributed by atoms with E-state index in [9.17, 15) is 0 Å². The maximum atomic E-state index is 5.94. The van der Waals surface area contributed by atoms with Gasteiger partial charge in [-0.05, 0) is 25.0 Å². The van der Waals surface area contributed by atoms with Crippen LogP contribution in [0.4, 0.5) is 0 Å². The normalized spacial score (nSPS) is 16.0. The van der Waals surface area contributed by atoms with Crippen molar-refractivity contribution in [3.05, 3.63) is 28.5 Å². The van der Waals surface area contributed by atoms with Crippen LogP contribution in [-0.2, 0) is 11.2 Å². The smallest absolute Gasteiger partial charge is 0.0594 e. The lowest BCUT2D eigenvalue weighted by Crippen LogP contribution is -2.37. The maximum absolute atomic E-state index is 5.94. The molecule has 1 aromatic rings. The van der Waals surface area contributed by atoms with Gasteiger partial charge < -0.3 is 4.74 Å². The molecule has 1 aromatic heterocycles. The molecule has 0 saturated carbocycles. The first kappa shape index (κ1) is 15.4. The number of pyridine rings is 1. The topological polar surface area (TPSA) is 25.4 Å². The van der Waals surface area contributed by atoms with Gasteiger partial charge in [-0.25, -0.2) is 0 Å². The number of aryl methyl sites for hydroxylation is 1. The van der Waals surface area contributed by atoms with Crippen molar-refractivity contribution in [3.63, 3.8) is 0 Å². The van der Waals surface area contributed by atoms with E-state index in [1.165, 1.54) is 5.56 Å². The van der Waals surface area contributed by atoms with Gasteiger partial charge in [-0.3, -0.25) is 9.88 Å². The van der Waals surface area contributed by atoms with E-state index < -0.39 is 0 Å². The van der Waals surface area contributed by atoms with Gasteiger partial charge in [0, 0.05) is 31.5 Å². The maximum Gasteiger partial charge on any atom is 0.0594 e. The SMILES string of the molecule is CC.Cc1ncc(Cl)cc1CCN1CCOCC1. The zero-order chi connectivity index (χ0) is 13.4. The summed E-state index contributed by atoms with van der Waals surface area (Å²) in [5.41, 5.74) is 2.33. The molecule has 0 aromatic carbocycles. The van der Waals surface area contributed by atoms with Gasteiger partial charge in [0.1, 0.15) is 0 Å². The zero-order valence-electron chi connectivity index (χ0n) is 11.6. The van der Waals surface area contributed by atoms with Crippen LogP contribution in [0.3, 0.4) is 0 Å². The van der Waals surface area contributed by atoms with Crippen LogP contribution in [0.5, 0.6) is 0 Å². The number of hydrogen-bond acceptors (Lipinski definition) is 3. The van der Waals surface area contributed by atoms with Gasteiger partial charge in [0.05, 0.1) is 18.2 Å². The minimum atomic E-state index is 0.725. The van der Waals surface area contributed by atoms with Gasteiger partial charge in [-0.15, -0.1) is 0 Å². The third-order valence-electron chi connectivity index (χ3n) is 2.96. The lowest BCUT2D eigenvalue weighted by atomic mass is 10.1. The summed E-state index contributed by atoms with van der Waals surface area (Å²) < 4.78 is 5.32. The van der Waals surface area contributed by atoms with E-state index in [4.69, 9.17) is 16.3 Å². The summed E-state index contributed by atoms with van der Waals surface area (Å²) in [5, 5.41) is 0.725. The van der Waals surface area contributed by atoms with Gasteiger partial charge in [0.2, 0.25) is 0 Å². The Kier molecular flexibility index (Phi) is 7.25. The van der Waals surface area contributed by atoms with Crippen molar-refractivity contribution < 1.29 is 4.74 Å². The Bertz CT molecular complexity index is 352. The van der Waals surface area contributed by atoms with E-state index in [0.717, 1.165) is 50.0 Å². The van der Waals surface area contributed by atoms with Gasteiger partial charge >= 0.3 is 0 Å². The second-order valence-corrected chi connectivity index (χ2v) is 4.54. The average Bonchev–Trinajstić information content (AvgIpc) is 2.43. The van der Waals surface area contributed by atoms with E-state index in [0.29, 0.717) is 0 Å². The van der Waals surface area contributed by atoms with Gasteiger partial charge in [-0.2, -0.15) is 0 Å². The number of hydrogen-bond donors (Lipinski definition) is 0. The van der Waals surface area contributed by atoms with Crippen molar-refractivity contribution in [2.75, 3.05) is 32.8 Å². The third-order valence-corrected chi connectivity index (χ3v) is 3.17. The molecule has 0 N–H and O–H groups in total. The minimum absolute atomic E-state index is 0.725. The second kappa shape index (κ2) is 8.46. The highest BCUT2D eigenvalue weighted by molar-refractivity contribution is 6.30. The lowest BCUT2D eigenvalue weighted by molar-refractivity contribution is 0.0384. The molecule has 1 saturated heterocycles. The summed E-state index contributed by atoms with van der Waals surface area (Å²) in [6.45, 7) is 10.9. The average molecular weight is 271 g/mol. The molecule has 1 fully saturated rings. The molecule has 3 nitrogen and oxygen atoms in total. The predicted octanol–water partition coefficient (Wildman–Crippen LogP) is 2.94. The molecule has 0 aliphatic carbocycles. The van der Waals surface area contributed by atoms with Crippen LogP contribution in [0, 0.1) is 6.92 Å². The molecule has 0 radical (unpaired) electrons. The highest BCUT2D eigenvalue weighted by atomic mass is 35.5. The number of halogens is 1. The van der Waals surface area contributed by atoms with Crippen molar-refractivity contribution in [2.24, 2.45) is 0 Å². The molecule has 0 atom stereocenters. The van der Waals surface area contributed by atoms with Crippen LogP contribution in [0.1, 0.15) is 25.1 Å². The van der Waals surface area contributed by atoms with Gasteiger partial charge in [0.15, 0.2) is 0 Å². The van der Waals surface area contributed by atoms with E-state index in [1.807, 2.05) is 26.8 Å². The monoisotopic (exact) mass is 270 g/mol. The Morgan fingerprint density at radius 1 is 1.33 bits per heavy atom. The van der Waals surface area contributed by atoms with Crippen LogP contribution in [-0.4, -0.2) is 42.7 Å². The second-order valence-electron chi connectivity index (χ2n) is 4.10. The molecule has 0 unspecified atom stereocenters. The molecule has 2 rings (SSSR count). The first-order valence-electron chi connectivity index (χ1n) is 6.67. The van der Waals surface area contributed by atoms with Crippen molar-refractivity contribution in [1.82, 2.24) is 9.88 Å². The summed E-state index contributed by atoms with van der Waals surface area (Å²) in [6.07, 6.45) is 2.72. The summed E-state index contributed by atoms with van der Waals surface area (Å²) >= 11 is 5.94. The molecule has 18 heavy (non-hydrogen) atoms. The fraction of sp³-hybridized carbons (Fsp3) is 0.643. The summed E-state index contributed by atoms with van der Waals surface area (Å²) in [7, 11) is 0. The Hall–Kier alpha value is -0.640. The summed E-state index contributed by atoms with van der Waals surface area (Å²) in [4.78, 5) is 6.69. The summed E-state index contributed by atoms with van der Waals surface area (Å²) in [6, 6.07) is 2.02. The fourth-order valence-corrected chi connectivity index (χ4v) is 2.09. The third kappa shape index (κ3) is 4.92. The van der Waals surface area contributed by atoms with Crippen LogP contribution >= 0.6 is 11.6 Å². The standard InChI is InChI=1S/C12H17ClN2O.C2H6/c1-10-11(8-12(13)9-14-10)2-3-15-4-6-16-7-5-15;1-2/h8-9H,2-7H2,1H3;1-2H3. The zero-order valence-corrected chi connectivity index (χ0v) is 12.3. The number of ether oxygens (including phenoxy) is 1. The Labute approximate surface area is 115 Å². The number of rotatable bonds is 3. The highest BCUT2D eigenvalue weighted by Crippen LogP contribution is 2.13. The van der Waals surface area contributed by atoms with Crippen LogP contribution in [0.25, 0.3) is 0 Å². The first-order chi connectivity index (χ1) is 8.75.